The number of alkyl halides is 9. The predicted molar refractivity (Wildman–Crippen MR) is 132 cm³/mol. The maximum absolute atomic E-state index is 12.2. The summed E-state index contributed by atoms with van der Waals surface area (Å²) in [6.07, 6.45) is -7.16. The van der Waals surface area contributed by atoms with Crippen LogP contribution in [-0.2, 0) is 21.0 Å². The second kappa shape index (κ2) is 12.9. The van der Waals surface area contributed by atoms with Crippen LogP contribution < -0.4 is 14.2 Å². The molecule has 3 aromatic rings. The molecule has 0 heterocycles. The van der Waals surface area contributed by atoms with E-state index in [4.69, 9.17) is 14.2 Å². The number of rotatable bonds is 9. The maximum atomic E-state index is 12.2. The van der Waals surface area contributed by atoms with E-state index in [9.17, 15) is 52.5 Å². The summed E-state index contributed by atoms with van der Waals surface area (Å²) >= 11 is 0. The smallest absolute Gasteiger partial charge is 0.460 e. The summed E-state index contributed by atoms with van der Waals surface area (Å²) in [5.74, 6) is -12.6. The van der Waals surface area contributed by atoms with Crippen LogP contribution in [0.5, 0.6) is 17.2 Å². The topological polar surface area (TPSA) is 84.9 Å². The second-order valence-corrected chi connectivity index (χ2v) is 11.3. The Balaban J connectivity index is 0.000000319. The van der Waals surface area contributed by atoms with Crippen LogP contribution >= 0.6 is 0 Å². The van der Waals surface area contributed by atoms with Crippen LogP contribution in [0, 0.1) is 0 Å². The molecule has 0 radical (unpaired) electrons. The molecule has 0 amide bonds. The lowest BCUT2D eigenvalue weighted by Crippen LogP contribution is -2.63. The Morgan fingerprint density at radius 2 is 1.02 bits per heavy atom. The molecule has 0 fully saturated rings. The van der Waals surface area contributed by atoms with Gasteiger partial charge < -0.3 is 18.8 Å². The first-order chi connectivity index (χ1) is 19.3. The van der Waals surface area contributed by atoms with E-state index in [1.165, 1.54) is 9.79 Å². The monoisotopic (exact) mass is 652 g/mol. The van der Waals surface area contributed by atoms with Crippen molar-refractivity contribution in [3.63, 3.8) is 0 Å². The first kappa shape index (κ1) is 34.9. The van der Waals surface area contributed by atoms with Crippen molar-refractivity contribution in [2.75, 3.05) is 21.3 Å². The van der Waals surface area contributed by atoms with Gasteiger partial charge in [-0.25, -0.2) is 8.42 Å². The highest BCUT2D eigenvalue weighted by Crippen LogP contribution is 2.54. The standard InChI is InChI=1S/C21H21O3S.C4HF9O3S/c1-22-16-14-19(23-2)21(20(15-16)24-3)25(17-10-6-4-7-11-17)18-12-8-5-9-13-18;5-1(6,3(9,10)11)2(7,8)4(12,13)17(14,15)16/h4-15H,1-3H3;(H,14,15,16)/q+1;/p-1. The van der Waals surface area contributed by atoms with E-state index in [0.29, 0.717) is 5.75 Å². The number of ether oxygens (including phenoxy) is 3. The number of halogens is 9. The van der Waals surface area contributed by atoms with Gasteiger partial charge in [0.2, 0.25) is 4.90 Å². The molecule has 0 atom stereocenters. The van der Waals surface area contributed by atoms with E-state index in [1.54, 1.807) is 21.3 Å². The Morgan fingerprint density at radius 3 is 1.31 bits per heavy atom. The number of hydrogen-bond donors (Lipinski definition) is 0. The van der Waals surface area contributed by atoms with Crippen LogP contribution in [0.4, 0.5) is 39.5 Å². The molecule has 0 aliphatic rings. The molecular weight excluding hydrogens is 631 g/mol. The average molecular weight is 653 g/mol. The number of methoxy groups -OCH3 is 3. The summed E-state index contributed by atoms with van der Waals surface area (Å²) in [4.78, 5) is 3.43. The minimum atomic E-state index is -7.43. The van der Waals surface area contributed by atoms with E-state index < -0.39 is 33.4 Å². The summed E-state index contributed by atoms with van der Waals surface area (Å²) < 4.78 is 152. The molecule has 42 heavy (non-hydrogen) atoms. The summed E-state index contributed by atoms with van der Waals surface area (Å²) in [7, 11) is -2.78. The number of benzene rings is 3. The van der Waals surface area contributed by atoms with Gasteiger partial charge in [0.1, 0.15) is 16.6 Å². The van der Waals surface area contributed by atoms with E-state index in [1.807, 2.05) is 24.3 Å². The van der Waals surface area contributed by atoms with Crippen LogP contribution in [-0.4, -0.2) is 57.6 Å². The van der Waals surface area contributed by atoms with Crippen LogP contribution in [0.15, 0.2) is 87.5 Å². The second-order valence-electron chi connectivity index (χ2n) is 7.91. The lowest BCUT2D eigenvalue weighted by atomic mass is 10.1. The molecule has 0 bridgehead atoms. The molecule has 0 saturated carbocycles. The minimum Gasteiger partial charge on any atom is -0.743 e. The van der Waals surface area contributed by atoms with Crippen molar-refractivity contribution < 1.29 is 66.7 Å². The molecule has 0 N–H and O–H groups in total. The predicted octanol–water partition coefficient (Wildman–Crippen LogP) is 6.77. The maximum Gasteiger partial charge on any atom is 0.460 e. The Kier molecular flexibility index (Phi) is 10.7. The Morgan fingerprint density at radius 1 is 0.643 bits per heavy atom. The average Bonchev–Trinajstić information content (AvgIpc) is 2.93. The molecule has 232 valence electrons. The zero-order valence-corrected chi connectivity index (χ0v) is 23.2. The fourth-order valence-corrected chi connectivity index (χ4v) is 5.91. The van der Waals surface area contributed by atoms with Crippen LogP contribution in [0.3, 0.4) is 0 Å². The first-order valence-corrected chi connectivity index (χ1v) is 13.7. The lowest BCUT2D eigenvalue weighted by molar-refractivity contribution is -0.382. The molecule has 0 aromatic heterocycles. The van der Waals surface area contributed by atoms with Crippen LogP contribution in [0.1, 0.15) is 0 Å². The molecule has 0 aliphatic heterocycles. The van der Waals surface area contributed by atoms with Gasteiger partial charge in [-0.05, 0) is 24.3 Å². The van der Waals surface area contributed by atoms with Crippen molar-refractivity contribution >= 4 is 21.0 Å². The molecule has 0 spiro atoms. The minimum absolute atomic E-state index is 0.353. The molecular formula is C25H21F9O6S2. The van der Waals surface area contributed by atoms with E-state index in [2.05, 4.69) is 48.5 Å². The van der Waals surface area contributed by atoms with Gasteiger partial charge in [-0.3, -0.25) is 0 Å². The highest BCUT2D eigenvalue weighted by atomic mass is 32.2. The molecule has 3 rings (SSSR count). The molecule has 0 saturated heterocycles. The first-order valence-electron chi connectivity index (χ1n) is 11.1. The molecule has 3 aromatic carbocycles. The molecule has 0 aliphatic carbocycles. The fourth-order valence-electron chi connectivity index (χ4n) is 3.18. The van der Waals surface area contributed by atoms with Crippen molar-refractivity contribution in [1.82, 2.24) is 0 Å². The van der Waals surface area contributed by atoms with Gasteiger partial charge >= 0.3 is 23.3 Å². The van der Waals surface area contributed by atoms with Crippen molar-refractivity contribution in [3.8, 4) is 17.2 Å². The van der Waals surface area contributed by atoms with Gasteiger partial charge in [-0.2, -0.15) is 39.5 Å². The van der Waals surface area contributed by atoms with Crippen LogP contribution in [0.2, 0.25) is 0 Å². The normalized spacial score (nSPS) is 12.8. The third kappa shape index (κ3) is 6.83. The largest absolute Gasteiger partial charge is 0.743 e. The highest BCUT2D eigenvalue weighted by Gasteiger charge is 2.83. The molecule has 0 unspecified atom stereocenters. The summed E-state index contributed by atoms with van der Waals surface area (Å²) in [5, 5.41) is -7.11. The summed E-state index contributed by atoms with van der Waals surface area (Å²) in [6.45, 7) is 0. The van der Waals surface area contributed by atoms with E-state index in [-0.39, 0.29) is 10.9 Å². The Bertz CT molecular complexity index is 1370. The van der Waals surface area contributed by atoms with Crippen LogP contribution in [0.25, 0.3) is 0 Å². The lowest BCUT2D eigenvalue weighted by Gasteiger charge is -2.34. The summed E-state index contributed by atoms with van der Waals surface area (Å²) in [6, 6.07) is 24.6. The third-order valence-electron chi connectivity index (χ3n) is 5.26. The zero-order chi connectivity index (χ0) is 32.1. The van der Waals surface area contributed by atoms with Crippen molar-refractivity contribution in [1.29, 1.82) is 0 Å². The number of hydrogen-bond acceptors (Lipinski definition) is 6. The van der Waals surface area contributed by atoms with Gasteiger partial charge in [-0.15, -0.1) is 0 Å². The molecule has 17 heteroatoms. The van der Waals surface area contributed by atoms with Crippen molar-refractivity contribution in [2.24, 2.45) is 0 Å². The third-order valence-corrected chi connectivity index (χ3v) is 8.44. The fraction of sp³-hybridized carbons (Fsp3) is 0.280. The van der Waals surface area contributed by atoms with E-state index in [0.717, 1.165) is 16.4 Å². The molecule has 6 nitrogen and oxygen atoms in total. The van der Waals surface area contributed by atoms with Gasteiger partial charge in [0.05, 0.1) is 21.3 Å². The van der Waals surface area contributed by atoms with Gasteiger partial charge in [-0.1, -0.05) is 36.4 Å². The van der Waals surface area contributed by atoms with E-state index >= 15 is 0 Å². The Labute approximate surface area is 237 Å². The highest BCUT2D eigenvalue weighted by molar-refractivity contribution is 7.97. The SMILES string of the molecule is COc1cc(OC)c([S+](c2ccccc2)c2ccccc2)c(OC)c1.O=S(=O)([O-])C(F)(F)C(F)(F)C(F)(F)C(F)(F)F. The van der Waals surface area contributed by atoms with Crippen molar-refractivity contribution in [2.45, 2.75) is 38.0 Å². The van der Waals surface area contributed by atoms with Crippen molar-refractivity contribution in [3.05, 3.63) is 72.8 Å². The zero-order valence-electron chi connectivity index (χ0n) is 21.6. The summed E-state index contributed by atoms with van der Waals surface area (Å²) in [5.41, 5.74) is 0. The quantitative estimate of drug-likeness (QED) is 0.144. The Hall–Kier alpha value is -3.31. The van der Waals surface area contributed by atoms with Gasteiger partial charge in [0.15, 0.2) is 31.4 Å². The van der Waals surface area contributed by atoms with Gasteiger partial charge in [0.25, 0.3) is 0 Å². The van der Waals surface area contributed by atoms with Gasteiger partial charge in [0, 0.05) is 12.1 Å².